The summed E-state index contributed by atoms with van der Waals surface area (Å²) in [5, 5.41) is 12.0. The number of aromatic nitrogens is 4. The molecule has 1 aromatic carbocycles. The standard InChI is InChI=1S/C15H14N4/c1-2-7-11-14(10-6-1)15-16-17-18-19(15)12-13-8-4-3-5-9-13/h1,3-11H,2,12H2. The fourth-order valence-electron chi connectivity index (χ4n) is 2.00. The van der Waals surface area contributed by atoms with Crippen molar-refractivity contribution in [1.82, 2.24) is 20.2 Å². The van der Waals surface area contributed by atoms with E-state index >= 15 is 0 Å². The highest BCUT2D eigenvalue weighted by Crippen LogP contribution is 2.16. The van der Waals surface area contributed by atoms with Crippen LogP contribution in [0, 0.1) is 0 Å². The second-order valence-electron chi connectivity index (χ2n) is 4.33. The van der Waals surface area contributed by atoms with Crippen molar-refractivity contribution in [1.29, 1.82) is 0 Å². The summed E-state index contributed by atoms with van der Waals surface area (Å²) in [6.45, 7) is 0.679. The summed E-state index contributed by atoms with van der Waals surface area (Å²) in [6.07, 6.45) is 11.3. The van der Waals surface area contributed by atoms with Crippen LogP contribution in [-0.2, 0) is 6.54 Å². The Labute approximate surface area is 111 Å². The molecule has 0 saturated heterocycles. The van der Waals surface area contributed by atoms with E-state index in [-0.39, 0.29) is 0 Å². The molecule has 0 unspecified atom stereocenters. The Bertz CT molecular complexity index is 635. The maximum absolute atomic E-state index is 4.13. The maximum Gasteiger partial charge on any atom is 0.182 e. The van der Waals surface area contributed by atoms with Crippen LogP contribution in [0.25, 0.3) is 5.57 Å². The third-order valence-electron chi connectivity index (χ3n) is 2.95. The molecule has 2 aromatic rings. The predicted octanol–water partition coefficient (Wildman–Crippen LogP) is 2.62. The minimum absolute atomic E-state index is 0.679. The van der Waals surface area contributed by atoms with E-state index in [0.717, 1.165) is 17.8 Å². The summed E-state index contributed by atoms with van der Waals surface area (Å²) < 4.78 is 1.82. The molecule has 3 rings (SSSR count). The molecule has 0 N–H and O–H groups in total. The lowest BCUT2D eigenvalue weighted by Crippen LogP contribution is -2.06. The van der Waals surface area contributed by atoms with Crippen molar-refractivity contribution in [2.24, 2.45) is 0 Å². The van der Waals surface area contributed by atoms with Crippen molar-refractivity contribution in [2.75, 3.05) is 0 Å². The van der Waals surface area contributed by atoms with Crippen LogP contribution in [0.1, 0.15) is 17.8 Å². The largest absolute Gasteiger partial charge is 0.221 e. The molecule has 0 atom stereocenters. The molecule has 1 aromatic heterocycles. The summed E-state index contributed by atoms with van der Waals surface area (Å²) in [7, 11) is 0. The third-order valence-corrected chi connectivity index (χ3v) is 2.95. The molecular formula is C15H14N4. The normalized spacial score (nSPS) is 14.2. The zero-order valence-corrected chi connectivity index (χ0v) is 10.5. The topological polar surface area (TPSA) is 43.6 Å². The van der Waals surface area contributed by atoms with Gasteiger partial charge in [0.25, 0.3) is 0 Å². The number of allylic oxidation sites excluding steroid dienone is 6. The highest BCUT2D eigenvalue weighted by molar-refractivity contribution is 5.71. The van der Waals surface area contributed by atoms with Gasteiger partial charge in [0, 0.05) is 5.57 Å². The quantitative estimate of drug-likeness (QED) is 0.841. The summed E-state index contributed by atoms with van der Waals surface area (Å²) in [6, 6.07) is 10.2. The SMILES string of the molecule is C1=CCC=CC(c2nnnn2Cc2ccccc2)=C1. The fourth-order valence-corrected chi connectivity index (χ4v) is 2.00. The van der Waals surface area contributed by atoms with E-state index in [9.17, 15) is 0 Å². The summed E-state index contributed by atoms with van der Waals surface area (Å²) in [5.74, 6) is 0.798. The van der Waals surface area contributed by atoms with Crippen LogP contribution in [0.3, 0.4) is 0 Å². The van der Waals surface area contributed by atoms with Gasteiger partial charge in [-0.1, -0.05) is 60.7 Å². The van der Waals surface area contributed by atoms with Gasteiger partial charge in [-0.15, -0.1) is 5.10 Å². The number of tetrazole rings is 1. The maximum atomic E-state index is 4.13. The summed E-state index contributed by atoms with van der Waals surface area (Å²) in [4.78, 5) is 0. The van der Waals surface area contributed by atoms with Crippen molar-refractivity contribution < 1.29 is 0 Å². The van der Waals surface area contributed by atoms with Gasteiger partial charge in [-0.25, -0.2) is 4.68 Å². The molecule has 19 heavy (non-hydrogen) atoms. The van der Waals surface area contributed by atoms with E-state index in [0.29, 0.717) is 6.54 Å². The first-order valence-electron chi connectivity index (χ1n) is 6.27. The third kappa shape index (κ3) is 2.68. The molecule has 0 fully saturated rings. The second-order valence-corrected chi connectivity index (χ2v) is 4.33. The number of rotatable bonds is 3. The molecule has 0 amide bonds. The zero-order valence-electron chi connectivity index (χ0n) is 10.5. The number of hydrogen-bond acceptors (Lipinski definition) is 3. The van der Waals surface area contributed by atoms with Crippen LogP contribution in [0.5, 0.6) is 0 Å². The summed E-state index contributed by atoms with van der Waals surface area (Å²) >= 11 is 0. The van der Waals surface area contributed by atoms with E-state index < -0.39 is 0 Å². The van der Waals surface area contributed by atoms with Gasteiger partial charge in [0.1, 0.15) is 0 Å². The van der Waals surface area contributed by atoms with Gasteiger partial charge in [0.15, 0.2) is 5.82 Å². The molecule has 1 aliphatic carbocycles. The highest BCUT2D eigenvalue weighted by atomic mass is 15.5. The monoisotopic (exact) mass is 250 g/mol. The van der Waals surface area contributed by atoms with E-state index in [1.807, 2.05) is 35.0 Å². The van der Waals surface area contributed by atoms with Crippen molar-refractivity contribution in [3.8, 4) is 0 Å². The van der Waals surface area contributed by atoms with Crippen molar-refractivity contribution >= 4 is 5.57 Å². The Hall–Kier alpha value is -2.49. The number of hydrogen-bond donors (Lipinski definition) is 0. The van der Waals surface area contributed by atoms with E-state index in [1.54, 1.807) is 0 Å². The molecule has 0 saturated carbocycles. The fraction of sp³-hybridized carbons (Fsp3) is 0.133. The Kier molecular flexibility index (Phi) is 3.32. The van der Waals surface area contributed by atoms with Gasteiger partial charge in [-0.2, -0.15) is 0 Å². The Morgan fingerprint density at radius 2 is 2.00 bits per heavy atom. The van der Waals surface area contributed by atoms with Gasteiger partial charge in [0.2, 0.25) is 0 Å². The van der Waals surface area contributed by atoms with Crippen molar-refractivity contribution in [3.63, 3.8) is 0 Å². The molecule has 94 valence electrons. The Morgan fingerprint density at radius 3 is 2.89 bits per heavy atom. The van der Waals surface area contributed by atoms with Gasteiger partial charge in [0.05, 0.1) is 6.54 Å². The lowest BCUT2D eigenvalue weighted by atomic mass is 10.2. The van der Waals surface area contributed by atoms with Gasteiger partial charge < -0.3 is 0 Å². The molecular weight excluding hydrogens is 236 g/mol. The minimum atomic E-state index is 0.679. The molecule has 1 heterocycles. The lowest BCUT2D eigenvalue weighted by molar-refractivity contribution is 0.643. The van der Waals surface area contributed by atoms with Gasteiger partial charge >= 0.3 is 0 Å². The second kappa shape index (κ2) is 5.44. The van der Waals surface area contributed by atoms with Crippen LogP contribution < -0.4 is 0 Å². The smallest absolute Gasteiger partial charge is 0.182 e. The molecule has 0 radical (unpaired) electrons. The number of nitrogens with zero attached hydrogens (tertiary/aromatic N) is 4. The van der Waals surface area contributed by atoms with E-state index in [4.69, 9.17) is 0 Å². The van der Waals surface area contributed by atoms with Gasteiger partial charge in [-0.3, -0.25) is 0 Å². The van der Waals surface area contributed by atoms with Crippen molar-refractivity contribution in [3.05, 3.63) is 72.1 Å². The molecule has 1 aliphatic rings. The predicted molar refractivity (Wildman–Crippen MR) is 74.2 cm³/mol. The molecule has 0 bridgehead atoms. The van der Waals surface area contributed by atoms with Crippen LogP contribution in [-0.4, -0.2) is 20.2 Å². The highest BCUT2D eigenvalue weighted by Gasteiger charge is 2.09. The average Bonchev–Trinajstić information content (AvgIpc) is 2.74. The lowest BCUT2D eigenvalue weighted by Gasteiger charge is -2.04. The van der Waals surface area contributed by atoms with Gasteiger partial charge in [-0.05, 0) is 22.4 Å². The van der Waals surface area contributed by atoms with E-state index in [2.05, 4.69) is 45.9 Å². The first kappa shape index (κ1) is 11.6. The van der Waals surface area contributed by atoms with E-state index in [1.165, 1.54) is 5.56 Å². The molecule has 4 heteroatoms. The number of benzene rings is 1. The van der Waals surface area contributed by atoms with Crippen LogP contribution in [0.4, 0.5) is 0 Å². The zero-order chi connectivity index (χ0) is 12.9. The first-order chi connectivity index (χ1) is 9.43. The Morgan fingerprint density at radius 1 is 1.11 bits per heavy atom. The van der Waals surface area contributed by atoms with Crippen molar-refractivity contribution in [2.45, 2.75) is 13.0 Å². The molecule has 0 aliphatic heterocycles. The average molecular weight is 250 g/mol. The molecule has 0 spiro atoms. The summed E-state index contributed by atoms with van der Waals surface area (Å²) in [5.41, 5.74) is 2.22. The Balaban J connectivity index is 1.90. The van der Waals surface area contributed by atoms with Crippen LogP contribution in [0.15, 0.2) is 60.7 Å². The minimum Gasteiger partial charge on any atom is -0.221 e. The first-order valence-corrected chi connectivity index (χ1v) is 6.27. The van der Waals surface area contributed by atoms with Crippen LogP contribution in [0.2, 0.25) is 0 Å². The van der Waals surface area contributed by atoms with Crippen LogP contribution >= 0.6 is 0 Å². The molecule has 4 nitrogen and oxygen atoms in total.